The molecule has 1 rings (SSSR count). The van der Waals surface area contributed by atoms with Crippen molar-refractivity contribution in [2.45, 2.75) is 50.4 Å². The van der Waals surface area contributed by atoms with Crippen LogP contribution in [0.4, 0.5) is 8.78 Å². The van der Waals surface area contributed by atoms with E-state index in [1.165, 1.54) is 0 Å². The number of rotatable bonds is 8. The Morgan fingerprint density at radius 3 is 2.47 bits per heavy atom. The van der Waals surface area contributed by atoms with Crippen molar-refractivity contribution in [1.82, 2.24) is 0 Å². The molecule has 0 aromatic carbocycles. The van der Waals surface area contributed by atoms with E-state index in [1.54, 1.807) is 0 Å². The van der Waals surface area contributed by atoms with Gasteiger partial charge >= 0.3 is 15.4 Å². The molecular weight excluding hydrogens is 282 g/mol. The molecular formula is C11H18F2O5S. The van der Waals surface area contributed by atoms with Crippen LogP contribution >= 0.6 is 0 Å². The molecule has 1 fully saturated rings. The second-order valence-electron chi connectivity index (χ2n) is 4.98. The molecule has 0 aromatic heterocycles. The number of carbonyl (C=O) groups is 1. The second-order valence-corrected chi connectivity index (χ2v) is 6.44. The maximum absolute atomic E-state index is 13.1. The van der Waals surface area contributed by atoms with Crippen molar-refractivity contribution in [1.29, 1.82) is 0 Å². The first-order valence-electron chi connectivity index (χ1n) is 6.18. The largest absolute Gasteiger partial charge is 0.426 e. The van der Waals surface area contributed by atoms with Crippen LogP contribution in [0.15, 0.2) is 0 Å². The first-order chi connectivity index (χ1) is 8.61. The first-order valence-corrected chi connectivity index (χ1v) is 7.62. The van der Waals surface area contributed by atoms with Gasteiger partial charge in [0.05, 0.1) is 6.10 Å². The van der Waals surface area contributed by atoms with Crippen molar-refractivity contribution in [3.63, 3.8) is 0 Å². The molecule has 0 spiro atoms. The normalized spacial score (nSPS) is 25.1. The Bertz CT molecular complexity index is 434. The Balaban J connectivity index is 2.47. The van der Waals surface area contributed by atoms with Crippen LogP contribution in [0.2, 0.25) is 0 Å². The fraction of sp³-hybridized carbons (Fsp3) is 0.909. The van der Waals surface area contributed by atoms with E-state index >= 15 is 0 Å². The van der Waals surface area contributed by atoms with Gasteiger partial charge in [-0.2, -0.15) is 17.2 Å². The van der Waals surface area contributed by atoms with Crippen molar-refractivity contribution in [3.05, 3.63) is 0 Å². The molecule has 0 aliphatic heterocycles. The Kier molecular flexibility index (Phi) is 5.02. The molecule has 0 aromatic rings. The smallest absolute Gasteiger partial charge is 0.393 e. The van der Waals surface area contributed by atoms with Crippen LogP contribution in [0.5, 0.6) is 0 Å². The average Bonchev–Trinajstić information content (AvgIpc) is 3.03. The van der Waals surface area contributed by atoms with Crippen molar-refractivity contribution in [2.75, 3.05) is 0 Å². The summed E-state index contributed by atoms with van der Waals surface area (Å²) < 4.78 is 55.3. The highest BCUT2D eigenvalue weighted by atomic mass is 32.2. The van der Waals surface area contributed by atoms with Crippen molar-refractivity contribution < 1.29 is 31.7 Å². The molecule has 1 saturated carbocycles. The van der Waals surface area contributed by atoms with E-state index in [2.05, 4.69) is 0 Å². The van der Waals surface area contributed by atoms with E-state index in [4.69, 9.17) is 4.55 Å². The highest BCUT2D eigenvalue weighted by Gasteiger charge is 2.59. The summed E-state index contributed by atoms with van der Waals surface area (Å²) >= 11 is 0. The monoisotopic (exact) mass is 300 g/mol. The lowest BCUT2D eigenvalue weighted by molar-refractivity contribution is -0.135. The lowest BCUT2D eigenvalue weighted by Crippen LogP contribution is -2.38. The number of hydrogen-bond donors (Lipinski definition) is 2. The number of ketones is 1. The highest BCUT2D eigenvalue weighted by molar-refractivity contribution is 7.87. The van der Waals surface area contributed by atoms with Gasteiger partial charge in [0.1, 0.15) is 0 Å². The summed E-state index contributed by atoms with van der Waals surface area (Å²) in [5.41, 5.74) is 0. The van der Waals surface area contributed by atoms with Crippen molar-refractivity contribution in [2.24, 2.45) is 11.8 Å². The fourth-order valence-corrected chi connectivity index (χ4v) is 2.52. The summed E-state index contributed by atoms with van der Waals surface area (Å²) in [6.07, 6.45) is 1.87. The molecule has 2 N–H and O–H groups in total. The van der Waals surface area contributed by atoms with Crippen molar-refractivity contribution in [3.8, 4) is 0 Å². The van der Waals surface area contributed by atoms with E-state index in [-0.39, 0.29) is 12.3 Å². The maximum atomic E-state index is 13.1. The third kappa shape index (κ3) is 3.93. The predicted octanol–water partition coefficient (Wildman–Crippen LogP) is 1.61. The van der Waals surface area contributed by atoms with Gasteiger partial charge in [-0.3, -0.25) is 9.35 Å². The molecule has 0 saturated heterocycles. The van der Waals surface area contributed by atoms with E-state index in [9.17, 15) is 27.1 Å². The third-order valence-electron chi connectivity index (χ3n) is 3.36. The van der Waals surface area contributed by atoms with Gasteiger partial charge in [-0.05, 0) is 31.6 Å². The average molecular weight is 300 g/mol. The zero-order chi connectivity index (χ0) is 14.8. The number of carbonyl (C=O) groups excluding carboxylic acids is 1. The van der Waals surface area contributed by atoms with Gasteiger partial charge in [-0.15, -0.1) is 0 Å². The number of hydrogen-bond acceptors (Lipinski definition) is 4. The molecule has 0 heterocycles. The zero-order valence-electron chi connectivity index (χ0n) is 10.6. The van der Waals surface area contributed by atoms with Gasteiger partial charge in [0, 0.05) is 5.92 Å². The Labute approximate surface area is 110 Å². The zero-order valence-corrected chi connectivity index (χ0v) is 11.4. The lowest BCUT2D eigenvalue weighted by Gasteiger charge is -2.11. The van der Waals surface area contributed by atoms with Gasteiger partial charge in [-0.1, -0.05) is 13.3 Å². The molecule has 3 atom stereocenters. The van der Waals surface area contributed by atoms with E-state index in [0.29, 0.717) is 19.3 Å². The number of alkyl halides is 2. The molecule has 1 aliphatic carbocycles. The molecule has 8 heteroatoms. The van der Waals surface area contributed by atoms with Crippen molar-refractivity contribution >= 4 is 15.9 Å². The standard InChI is InChI=1S/C11H18F2O5S/c1-2-3-8(14)5-4-7-6-9(7)10(15)11(12,13)19(16,17)18/h7-9,14H,2-6H2,1H3,(H,16,17,18). The summed E-state index contributed by atoms with van der Waals surface area (Å²) in [6.45, 7) is 1.90. The van der Waals surface area contributed by atoms with E-state index in [0.717, 1.165) is 6.42 Å². The van der Waals surface area contributed by atoms with Crippen LogP contribution in [0, 0.1) is 11.8 Å². The molecule has 1 aliphatic rings. The highest BCUT2D eigenvalue weighted by Crippen LogP contribution is 2.46. The minimum Gasteiger partial charge on any atom is -0.393 e. The molecule has 112 valence electrons. The summed E-state index contributed by atoms with van der Waals surface area (Å²) in [4.78, 5) is 11.3. The summed E-state index contributed by atoms with van der Waals surface area (Å²) in [7, 11) is -5.70. The first kappa shape index (κ1) is 16.5. The summed E-state index contributed by atoms with van der Waals surface area (Å²) in [6, 6.07) is 0. The van der Waals surface area contributed by atoms with Gasteiger partial charge in [0.15, 0.2) is 0 Å². The number of Topliss-reactive ketones (excluding diaryl/α,β-unsaturated/α-hetero) is 1. The van der Waals surface area contributed by atoms with Gasteiger partial charge in [0.25, 0.3) is 0 Å². The topological polar surface area (TPSA) is 91.7 Å². The van der Waals surface area contributed by atoms with Gasteiger partial charge in [-0.25, -0.2) is 0 Å². The van der Waals surface area contributed by atoms with E-state index < -0.39 is 33.2 Å². The van der Waals surface area contributed by atoms with Gasteiger partial charge < -0.3 is 5.11 Å². The number of aliphatic hydroxyl groups is 1. The minimum atomic E-state index is -5.70. The Morgan fingerprint density at radius 2 is 2.00 bits per heavy atom. The quantitative estimate of drug-likeness (QED) is 0.664. The molecule has 0 bridgehead atoms. The minimum absolute atomic E-state index is 0.183. The lowest BCUT2D eigenvalue weighted by atomic mass is 10.1. The number of aliphatic hydroxyl groups excluding tert-OH is 1. The fourth-order valence-electron chi connectivity index (χ4n) is 2.11. The van der Waals surface area contributed by atoms with E-state index in [1.807, 2.05) is 6.92 Å². The summed E-state index contributed by atoms with van der Waals surface area (Å²) in [5, 5.41) is 4.74. The van der Waals surface area contributed by atoms with Crippen LogP contribution in [0.3, 0.4) is 0 Å². The predicted molar refractivity (Wildman–Crippen MR) is 63.2 cm³/mol. The Hall–Kier alpha value is -0.600. The molecule has 3 unspecified atom stereocenters. The SMILES string of the molecule is CCCC(O)CCC1CC1C(=O)C(F)(F)S(=O)(=O)O. The molecule has 0 amide bonds. The van der Waals surface area contributed by atoms with Crippen LogP contribution in [0.1, 0.15) is 39.0 Å². The van der Waals surface area contributed by atoms with Crippen LogP contribution < -0.4 is 0 Å². The van der Waals surface area contributed by atoms with Crippen LogP contribution in [-0.2, 0) is 14.9 Å². The second kappa shape index (κ2) is 5.80. The molecule has 5 nitrogen and oxygen atoms in total. The molecule has 0 radical (unpaired) electrons. The maximum Gasteiger partial charge on any atom is 0.426 e. The Morgan fingerprint density at radius 1 is 1.42 bits per heavy atom. The number of halogens is 2. The van der Waals surface area contributed by atoms with Crippen LogP contribution in [-0.4, -0.2) is 35.2 Å². The van der Waals surface area contributed by atoms with Gasteiger partial charge in [0.2, 0.25) is 5.78 Å². The summed E-state index contributed by atoms with van der Waals surface area (Å²) in [5.74, 6) is -3.11. The molecule has 19 heavy (non-hydrogen) atoms. The third-order valence-corrected chi connectivity index (χ3v) is 4.21. The van der Waals surface area contributed by atoms with Crippen LogP contribution in [0.25, 0.3) is 0 Å².